The molecule has 0 saturated carbocycles. The van der Waals surface area contributed by atoms with Crippen LogP contribution in [0.5, 0.6) is 5.75 Å². The predicted molar refractivity (Wildman–Crippen MR) is 67.7 cm³/mol. The van der Waals surface area contributed by atoms with Gasteiger partial charge in [0.1, 0.15) is 12.4 Å². The molecule has 0 bridgehead atoms. The molecule has 0 saturated heterocycles. The third-order valence-electron chi connectivity index (χ3n) is 1.95. The van der Waals surface area contributed by atoms with E-state index in [0.717, 1.165) is 5.75 Å². The summed E-state index contributed by atoms with van der Waals surface area (Å²) in [4.78, 5) is 3.98. The van der Waals surface area contributed by atoms with E-state index in [-0.39, 0.29) is 0 Å². The molecular weight excluding hydrogens is 301 g/mol. The van der Waals surface area contributed by atoms with Crippen molar-refractivity contribution >= 4 is 22.6 Å². The Morgan fingerprint density at radius 2 is 1.93 bits per heavy atom. The van der Waals surface area contributed by atoms with E-state index in [2.05, 4.69) is 51.8 Å². The molecule has 0 N–H and O–H groups in total. The minimum atomic E-state index is 0.586. The fourth-order valence-electron chi connectivity index (χ4n) is 1.18. The van der Waals surface area contributed by atoms with Crippen molar-refractivity contribution in [2.75, 3.05) is 0 Å². The Kier molecular flexibility index (Phi) is 3.55. The van der Waals surface area contributed by atoms with Gasteiger partial charge in [0.25, 0.3) is 0 Å². The Hall–Kier alpha value is -1.10. The SMILES string of the molecule is Ic1ccc(COc2cccnc2)cc1. The van der Waals surface area contributed by atoms with Gasteiger partial charge in [-0.25, -0.2) is 0 Å². The van der Waals surface area contributed by atoms with Gasteiger partial charge in [0.15, 0.2) is 0 Å². The number of nitrogens with zero attached hydrogens (tertiary/aromatic N) is 1. The molecule has 0 radical (unpaired) electrons. The normalized spacial score (nSPS) is 9.93. The Bertz CT molecular complexity index is 413. The number of ether oxygens (including phenoxy) is 1. The molecule has 0 aliphatic heterocycles. The second kappa shape index (κ2) is 5.11. The van der Waals surface area contributed by atoms with Crippen LogP contribution in [0, 0.1) is 3.57 Å². The van der Waals surface area contributed by atoms with Crippen LogP contribution in [0.2, 0.25) is 0 Å². The summed E-state index contributed by atoms with van der Waals surface area (Å²) in [5, 5.41) is 0. The lowest BCUT2D eigenvalue weighted by Crippen LogP contribution is -1.95. The van der Waals surface area contributed by atoms with Crippen LogP contribution in [0.25, 0.3) is 0 Å². The van der Waals surface area contributed by atoms with Crippen molar-refractivity contribution in [1.82, 2.24) is 4.98 Å². The summed E-state index contributed by atoms with van der Waals surface area (Å²) in [5.41, 5.74) is 1.17. The minimum Gasteiger partial charge on any atom is -0.487 e. The van der Waals surface area contributed by atoms with E-state index in [1.54, 1.807) is 12.4 Å². The highest BCUT2D eigenvalue weighted by Gasteiger charge is 1.95. The maximum atomic E-state index is 5.57. The zero-order valence-electron chi connectivity index (χ0n) is 8.06. The van der Waals surface area contributed by atoms with Crippen molar-refractivity contribution in [3.8, 4) is 5.75 Å². The van der Waals surface area contributed by atoms with E-state index >= 15 is 0 Å². The molecule has 2 aromatic rings. The average Bonchev–Trinajstić information content (AvgIpc) is 2.30. The molecule has 0 atom stereocenters. The second-order valence-electron chi connectivity index (χ2n) is 3.10. The molecule has 2 rings (SSSR count). The van der Waals surface area contributed by atoms with Crippen LogP contribution < -0.4 is 4.74 Å². The first kappa shape index (κ1) is 10.4. The van der Waals surface area contributed by atoms with Crippen LogP contribution in [-0.2, 0) is 6.61 Å². The fraction of sp³-hybridized carbons (Fsp3) is 0.0833. The summed E-state index contributed by atoms with van der Waals surface area (Å²) in [6.07, 6.45) is 3.45. The van der Waals surface area contributed by atoms with Gasteiger partial charge in [-0.2, -0.15) is 0 Å². The Balaban J connectivity index is 1.96. The molecule has 3 heteroatoms. The van der Waals surface area contributed by atoms with Gasteiger partial charge in [0.05, 0.1) is 6.20 Å². The lowest BCUT2D eigenvalue weighted by atomic mass is 10.2. The molecule has 0 amide bonds. The summed E-state index contributed by atoms with van der Waals surface area (Å²) < 4.78 is 6.80. The lowest BCUT2D eigenvalue weighted by Gasteiger charge is -2.05. The van der Waals surface area contributed by atoms with E-state index in [1.807, 2.05) is 12.1 Å². The Morgan fingerprint density at radius 3 is 2.60 bits per heavy atom. The zero-order chi connectivity index (χ0) is 10.5. The molecule has 1 aromatic carbocycles. The zero-order valence-corrected chi connectivity index (χ0v) is 10.2. The molecule has 2 nitrogen and oxygen atoms in total. The fourth-order valence-corrected chi connectivity index (χ4v) is 1.54. The molecule has 0 unspecified atom stereocenters. The highest BCUT2D eigenvalue weighted by atomic mass is 127. The smallest absolute Gasteiger partial charge is 0.138 e. The summed E-state index contributed by atoms with van der Waals surface area (Å²) in [7, 11) is 0. The molecular formula is C12H10INO. The maximum Gasteiger partial charge on any atom is 0.138 e. The monoisotopic (exact) mass is 311 g/mol. The molecule has 76 valence electrons. The highest BCUT2D eigenvalue weighted by molar-refractivity contribution is 14.1. The maximum absolute atomic E-state index is 5.57. The molecule has 0 aliphatic carbocycles. The number of pyridine rings is 1. The van der Waals surface area contributed by atoms with Gasteiger partial charge in [0.2, 0.25) is 0 Å². The second-order valence-corrected chi connectivity index (χ2v) is 4.35. The average molecular weight is 311 g/mol. The topological polar surface area (TPSA) is 22.1 Å². The van der Waals surface area contributed by atoms with E-state index < -0.39 is 0 Å². The Morgan fingerprint density at radius 1 is 1.13 bits per heavy atom. The summed E-state index contributed by atoms with van der Waals surface area (Å²) in [6.45, 7) is 0.586. The van der Waals surface area contributed by atoms with E-state index in [4.69, 9.17) is 4.74 Å². The molecule has 0 spiro atoms. The van der Waals surface area contributed by atoms with Crippen molar-refractivity contribution < 1.29 is 4.74 Å². The van der Waals surface area contributed by atoms with Gasteiger partial charge in [-0.1, -0.05) is 12.1 Å². The van der Waals surface area contributed by atoms with Crippen LogP contribution >= 0.6 is 22.6 Å². The summed E-state index contributed by atoms with van der Waals surface area (Å²) >= 11 is 2.29. The first-order valence-corrected chi connectivity index (χ1v) is 5.70. The minimum absolute atomic E-state index is 0.586. The van der Waals surface area contributed by atoms with E-state index in [9.17, 15) is 0 Å². The van der Waals surface area contributed by atoms with Gasteiger partial charge in [-0.15, -0.1) is 0 Å². The standard InChI is InChI=1S/C12H10INO/c13-11-5-3-10(4-6-11)9-15-12-2-1-7-14-8-12/h1-8H,9H2. The molecule has 1 heterocycles. The van der Waals surface area contributed by atoms with Crippen molar-refractivity contribution in [2.45, 2.75) is 6.61 Å². The van der Waals surface area contributed by atoms with Crippen molar-refractivity contribution in [3.63, 3.8) is 0 Å². The molecule has 0 aliphatic rings. The first-order chi connectivity index (χ1) is 7.34. The van der Waals surface area contributed by atoms with Crippen LogP contribution in [0.15, 0.2) is 48.8 Å². The third kappa shape index (κ3) is 3.20. The third-order valence-corrected chi connectivity index (χ3v) is 2.67. The lowest BCUT2D eigenvalue weighted by molar-refractivity contribution is 0.305. The van der Waals surface area contributed by atoms with Gasteiger partial charge < -0.3 is 4.74 Å². The molecule has 1 aromatic heterocycles. The van der Waals surface area contributed by atoms with E-state index in [0.29, 0.717) is 6.61 Å². The largest absolute Gasteiger partial charge is 0.487 e. The highest BCUT2D eigenvalue weighted by Crippen LogP contribution is 2.11. The summed E-state index contributed by atoms with van der Waals surface area (Å²) in [5.74, 6) is 0.802. The van der Waals surface area contributed by atoms with E-state index in [1.165, 1.54) is 9.13 Å². The quantitative estimate of drug-likeness (QED) is 0.812. The molecule has 15 heavy (non-hydrogen) atoms. The number of aromatic nitrogens is 1. The van der Waals surface area contributed by atoms with Crippen LogP contribution in [0.1, 0.15) is 5.56 Å². The van der Waals surface area contributed by atoms with Crippen LogP contribution in [0.3, 0.4) is 0 Å². The molecule has 0 fully saturated rings. The number of hydrogen-bond donors (Lipinski definition) is 0. The first-order valence-electron chi connectivity index (χ1n) is 4.62. The van der Waals surface area contributed by atoms with Gasteiger partial charge >= 0.3 is 0 Å². The van der Waals surface area contributed by atoms with Crippen molar-refractivity contribution in [3.05, 3.63) is 57.9 Å². The number of rotatable bonds is 3. The van der Waals surface area contributed by atoms with Gasteiger partial charge in [-0.3, -0.25) is 4.98 Å². The van der Waals surface area contributed by atoms with Crippen molar-refractivity contribution in [2.24, 2.45) is 0 Å². The summed E-state index contributed by atoms with van der Waals surface area (Å²) in [6, 6.07) is 12.0. The van der Waals surface area contributed by atoms with Gasteiger partial charge in [-0.05, 0) is 52.4 Å². The van der Waals surface area contributed by atoms with Gasteiger partial charge in [0, 0.05) is 9.77 Å². The Labute approximate surface area is 102 Å². The van der Waals surface area contributed by atoms with Crippen LogP contribution in [-0.4, -0.2) is 4.98 Å². The number of halogens is 1. The van der Waals surface area contributed by atoms with Crippen LogP contribution in [0.4, 0.5) is 0 Å². The van der Waals surface area contributed by atoms with Crippen molar-refractivity contribution in [1.29, 1.82) is 0 Å². The number of benzene rings is 1. The number of hydrogen-bond acceptors (Lipinski definition) is 2. The predicted octanol–water partition coefficient (Wildman–Crippen LogP) is 3.27.